The summed E-state index contributed by atoms with van der Waals surface area (Å²) in [7, 11) is 3.68. The van der Waals surface area contributed by atoms with Crippen molar-refractivity contribution in [3.05, 3.63) is 12.0 Å². The molecule has 1 fully saturated rings. The fourth-order valence-electron chi connectivity index (χ4n) is 2.62. The van der Waals surface area contributed by atoms with Gasteiger partial charge in [0.15, 0.2) is 5.65 Å². The van der Waals surface area contributed by atoms with Gasteiger partial charge in [-0.2, -0.15) is 5.10 Å². The summed E-state index contributed by atoms with van der Waals surface area (Å²) in [5, 5.41) is 8.82. The molecule has 6 heteroatoms. The molecule has 6 nitrogen and oxygen atoms in total. The van der Waals surface area contributed by atoms with Crippen LogP contribution in [0.5, 0.6) is 0 Å². The van der Waals surface area contributed by atoms with E-state index in [0.717, 1.165) is 35.8 Å². The number of nitrogens with zero attached hydrogens (tertiary/aromatic N) is 4. The van der Waals surface area contributed by atoms with E-state index in [1.54, 1.807) is 11.8 Å². The Kier molecular flexibility index (Phi) is 3.59. The van der Waals surface area contributed by atoms with Gasteiger partial charge in [-0.3, -0.25) is 4.68 Å². The number of methoxy groups -OCH3 is 1. The Hall–Kier alpha value is -1.69. The summed E-state index contributed by atoms with van der Waals surface area (Å²) in [4.78, 5) is 9.45. The second-order valence-electron chi connectivity index (χ2n) is 7.44. The predicted octanol–water partition coefficient (Wildman–Crippen LogP) is 2.50. The van der Waals surface area contributed by atoms with Crippen molar-refractivity contribution in [3.8, 4) is 0 Å². The predicted molar refractivity (Wildman–Crippen MR) is 87.0 cm³/mol. The van der Waals surface area contributed by atoms with Crippen LogP contribution in [0.25, 0.3) is 11.0 Å². The highest BCUT2D eigenvalue weighted by molar-refractivity contribution is 5.86. The zero-order valence-electron chi connectivity index (χ0n) is 14.1. The fraction of sp³-hybridized carbons (Fsp3) is 0.688. The number of hydrogen-bond donors (Lipinski definition) is 1. The van der Waals surface area contributed by atoms with Crippen LogP contribution >= 0.6 is 0 Å². The average Bonchev–Trinajstić information content (AvgIpc) is 3.12. The topological polar surface area (TPSA) is 64.9 Å². The van der Waals surface area contributed by atoms with Crippen LogP contribution in [0.15, 0.2) is 6.20 Å². The zero-order valence-corrected chi connectivity index (χ0v) is 14.1. The van der Waals surface area contributed by atoms with Gasteiger partial charge in [0.25, 0.3) is 0 Å². The van der Waals surface area contributed by atoms with Crippen molar-refractivity contribution in [2.75, 3.05) is 25.6 Å². The van der Waals surface area contributed by atoms with Crippen molar-refractivity contribution < 1.29 is 4.74 Å². The first-order chi connectivity index (χ1) is 10.3. The number of anilines is 1. The minimum atomic E-state index is -0.0985. The highest BCUT2D eigenvalue weighted by Crippen LogP contribution is 2.45. The fourth-order valence-corrected chi connectivity index (χ4v) is 2.62. The lowest BCUT2D eigenvalue weighted by Crippen LogP contribution is -2.22. The molecule has 0 saturated heterocycles. The monoisotopic (exact) mass is 303 g/mol. The third kappa shape index (κ3) is 2.79. The normalized spacial score (nSPS) is 17.0. The van der Waals surface area contributed by atoms with Gasteiger partial charge >= 0.3 is 0 Å². The first kappa shape index (κ1) is 15.2. The van der Waals surface area contributed by atoms with E-state index >= 15 is 0 Å². The molecule has 0 aliphatic heterocycles. The quantitative estimate of drug-likeness (QED) is 0.919. The molecule has 2 aromatic heterocycles. The first-order valence-corrected chi connectivity index (χ1v) is 7.78. The van der Waals surface area contributed by atoms with Gasteiger partial charge in [0, 0.05) is 31.5 Å². The Morgan fingerprint density at radius 2 is 2.05 bits per heavy atom. The SMILES string of the molecule is COCC1(CNc2nc(C(C)(C)C)nc3c2cnn3C)CC1. The molecule has 1 aliphatic rings. The number of fused-ring (bicyclic) bond motifs is 1. The van der Waals surface area contributed by atoms with Crippen LogP contribution in [-0.4, -0.2) is 40.0 Å². The number of aryl methyl sites for hydroxylation is 1. The molecule has 0 spiro atoms. The standard InChI is InChI=1S/C16H25N5O/c1-15(2,3)14-19-12(11-8-18-21(4)13(11)20-14)17-9-16(6-7-16)10-22-5/h8H,6-7,9-10H2,1-5H3,(H,17,19,20). The van der Waals surface area contributed by atoms with Crippen molar-refractivity contribution in [2.24, 2.45) is 12.5 Å². The summed E-state index contributed by atoms with van der Waals surface area (Å²) in [6, 6.07) is 0. The average molecular weight is 303 g/mol. The van der Waals surface area contributed by atoms with Gasteiger partial charge < -0.3 is 10.1 Å². The molecule has 1 aliphatic carbocycles. The molecule has 22 heavy (non-hydrogen) atoms. The summed E-state index contributed by atoms with van der Waals surface area (Å²) in [5.41, 5.74) is 1.05. The van der Waals surface area contributed by atoms with Crippen molar-refractivity contribution in [2.45, 2.75) is 39.0 Å². The van der Waals surface area contributed by atoms with Gasteiger partial charge in [-0.1, -0.05) is 20.8 Å². The molecule has 2 aromatic rings. The Balaban J connectivity index is 1.93. The van der Waals surface area contributed by atoms with E-state index in [0.29, 0.717) is 0 Å². The lowest BCUT2D eigenvalue weighted by molar-refractivity contribution is 0.147. The van der Waals surface area contributed by atoms with E-state index in [4.69, 9.17) is 9.72 Å². The van der Waals surface area contributed by atoms with E-state index in [2.05, 4.69) is 36.2 Å². The molecule has 2 heterocycles. The number of rotatable bonds is 5. The summed E-state index contributed by atoms with van der Waals surface area (Å²) in [6.45, 7) is 8.06. The minimum Gasteiger partial charge on any atom is -0.384 e. The summed E-state index contributed by atoms with van der Waals surface area (Å²) in [6.07, 6.45) is 4.25. The molecule has 0 unspecified atom stereocenters. The maximum absolute atomic E-state index is 5.34. The molecule has 1 N–H and O–H groups in total. The van der Waals surface area contributed by atoms with Gasteiger partial charge in [0.2, 0.25) is 0 Å². The Labute approximate surface area is 131 Å². The van der Waals surface area contributed by atoms with Crippen LogP contribution in [0.1, 0.15) is 39.4 Å². The van der Waals surface area contributed by atoms with Gasteiger partial charge in [-0.05, 0) is 12.8 Å². The van der Waals surface area contributed by atoms with Crippen molar-refractivity contribution >= 4 is 16.9 Å². The van der Waals surface area contributed by atoms with Crippen LogP contribution in [0, 0.1) is 5.41 Å². The highest BCUT2D eigenvalue weighted by Gasteiger charge is 2.42. The molecule has 0 atom stereocenters. The lowest BCUT2D eigenvalue weighted by Gasteiger charge is -2.20. The molecular weight excluding hydrogens is 278 g/mol. The molecule has 0 amide bonds. The second kappa shape index (κ2) is 5.19. The van der Waals surface area contributed by atoms with Crippen LogP contribution in [0.4, 0.5) is 5.82 Å². The Bertz CT molecular complexity index is 682. The number of nitrogens with one attached hydrogen (secondary N) is 1. The third-order valence-electron chi connectivity index (χ3n) is 4.30. The first-order valence-electron chi connectivity index (χ1n) is 7.78. The number of aromatic nitrogens is 4. The smallest absolute Gasteiger partial charge is 0.163 e. The van der Waals surface area contributed by atoms with Crippen LogP contribution in [0.3, 0.4) is 0 Å². The molecule has 0 bridgehead atoms. The Morgan fingerprint density at radius 1 is 1.32 bits per heavy atom. The molecule has 0 radical (unpaired) electrons. The third-order valence-corrected chi connectivity index (χ3v) is 4.30. The maximum atomic E-state index is 5.34. The molecule has 120 valence electrons. The van der Waals surface area contributed by atoms with Crippen molar-refractivity contribution in [1.82, 2.24) is 19.7 Å². The van der Waals surface area contributed by atoms with Crippen molar-refractivity contribution in [1.29, 1.82) is 0 Å². The minimum absolute atomic E-state index is 0.0985. The van der Waals surface area contributed by atoms with E-state index in [1.807, 2.05) is 13.2 Å². The summed E-state index contributed by atoms with van der Waals surface area (Å²) < 4.78 is 7.14. The van der Waals surface area contributed by atoms with Crippen LogP contribution < -0.4 is 5.32 Å². The van der Waals surface area contributed by atoms with E-state index in [-0.39, 0.29) is 10.8 Å². The summed E-state index contributed by atoms with van der Waals surface area (Å²) >= 11 is 0. The van der Waals surface area contributed by atoms with E-state index < -0.39 is 0 Å². The highest BCUT2D eigenvalue weighted by atomic mass is 16.5. The lowest BCUT2D eigenvalue weighted by atomic mass is 9.95. The van der Waals surface area contributed by atoms with Crippen LogP contribution in [0.2, 0.25) is 0 Å². The van der Waals surface area contributed by atoms with E-state index in [9.17, 15) is 0 Å². The van der Waals surface area contributed by atoms with Gasteiger partial charge in [-0.15, -0.1) is 0 Å². The van der Waals surface area contributed by atoms with Gasteiger partial charge in [0.1, 0.15) is 11.6 Å². The van der Waals surface area contributed by atoms with E-state index in [1.165, 1.54) is 12.8 Å². The largest absolute Gasteiger partial charge is 0.384 e. The summed E-state index contributed by atoms with van der Waals surface area (Å²) in [5.74, 6) is 1.72. The van der Waals surface area contributed by atoms with Gasteiger partial charge in [0.05, 0.1) is 18.2 Å². The molecule has 3 rings (SSSR count). The maximum Gasteiger partial charge on any atom is 0.163 e. The Morgan fingerprint density at radius 3 is 2.64 bits per heavy atom. The molecular formula is C16H25N5O. The number of hydrogen-bond acceptors (Lipinski definition) is 5. The van der Waals surface area contributed by atoms with Crippen LogP contribution in [-0.2, 0) is 17.2 Å². The van der Waals surface area contributed by atoms with Gasteiger partial charge in [-0.25, -0.2) is 9.97 Å². The molecule has 0 aromatic carbocycles. The second-order valence-corrected chi connectivity index (χ2v) is 7.44. The van der Waals surface area contributed by atoms with Crippen molar-refractivity contribution in [3.63, 3.8) is 0 Å². The zero-order chi connectivity index (χ0) is 16.0. The molecule has 1 saturated carbocycles. The number of ether oxygens (including phenoxy) is 1.